The molecule has 0 radical (unpaired) electrons. The van der Waals surface area contributed by atoms with Crippen LogP contribution in [0.4, 0.5) is 0 Å². The average Bonchev–Trinajstić information content (AvgIpc) is 2.75. The van der Waals surface area contributed by atoms with Gasteiger partial charge in [-0.2, -0.15) is 0 Å². The third kappa shape index (κ3) is 1.35. The number of hydrogen-bond acceptors (Lipinski definition) is 4. The van der Waals surface area contributed by atoms with E-state index in [-0.39, 0.29) is 11.4 Å². The first-order chi connectivity index (χ1) is 8.77. The molecule has 1 aromatic heterocycles. The monoisotopic (exact) mass is 248 g/mol. The van der Waals surface area contributed by atoms with E-state index in [1.807, 2.05) is 10.9 Å². The van der Waals surface area contributed by atoms with Crippen LogP contribution >= 0.6 is 0 Å². The molecule has 0 aromatic carbocycles. The van der Waals surface area contributed by atoms with Crippen LogP contribution in [0.1, 0.15) is 29.8 Å². The SMILES string of the molecule is O=C(c1cn(C23CC(C2)C3)nn1)N1CCOCC1. The predicted molar refractivity (Wildman–Crippen MR) is 62.1 cm³/mol. The van der Waals surface area contributed by atoms with Crippen LogP contribution in [-0.4, -0.2) is 52.1 Å². The smallest absolute Gasteiger partial charge is 0.276 e. The maximum absolute atomic E-state index is 12.2. The Hall–Kier alpha value is -1.43. The van der Waals surface area contributed by atoms with E-state index in [4.69, 9.17) is 4.74 Å². The first-order valence-corrected chi connectivity index (χ1v) is 6.57. The van der Waals surface area contributed by atoms with Crippen LogP contribution in [0, 0.1) is 5.92 Å². The molecule has 3 saturated carbocycles. The lowest BCUT2D eigenvalue weighted by molar-refractivity contribution is -0.0989. The zero-order chi connectivity index (χ0) is 12.2. The number of carbonyl (C=O) groups is 1. The summed E-state index contributed by atoms with van der Waals surface area (Å²) in [6, 6.07) is 0. The second-order valence-electron chi connectivity index (χ2n) is 5.66. The number of ether oxygens (including phenoxy) is 1. The Labute approximate surface area is 105 Å². The highest BCUT2D eigenvalue weighted by molar-refractivity contribution is 5.92. The molecule has 0 N–H and O–H groups in total. The highest BCUT2D eigenvalue weighted by Gasteiger charge is 2.58. The summed E-state index contributed by atoms with van der Waals surface area (Å²) in [5.74, 6) is 0.878. The minimum atomic E-state index is -0.0175. The quantitative estimate of drug-likeness (QED) is 0.753. The number of morpholine rings is 1. The molecule has 2 heterocycles. The van der Waals surface area contributed by atoms with Crippen LogP contribution in [0.2, 0.25) is 0 Å². The van der Waals surface area contributed by atoms with E-state index < -0.39 is 0 Å². The van der Waals surface area contributed by atoms with Crippen LogP contribution < -0.4 is 0 Å². The fourth-order valence-corrected chi connectivity index (χ4v) is 3.24. The molecule has 2 bridgehead atoms. The zero-order valence-electron chi connectivity index (χ0n) is 10.2. The van der Waals surface area contributed by atoms with Crippen LogP contribution in [0.25, 0.3) is 0 Å². The van der Waals surface area contributed by atoms with Gasteiger partial charge in [0.25, 0.3) is 5.91 Å². The van der Waals surface area contributed by atoms with Crippen molar-refractivity contribution in [2.24, 2.45) is 5.92 Å². The van der Waals surface area contributed by atoms with E-state index in [9.17, 15) is 4.79 Å². The topological polar surface area (TPSA) is 60.2 Å². The zero-order valence-corrected chi connectivity index (χ0v) is 10.2. The summed E-state index contributed by atoms with van der Waals surface area (Å²) in [5.41, 5.74) is 0.683. The molecule has 4 fully saturated rings. The molecule has 0 spiro atoms. The van der Waals surface area contributed by atoms with E-state index in [0.29, 0.717) is 32.0 Å². The first-order valence-electron chi connectivity index (χ1n) is 6.57. The van der Waals surface area contributed by atoms with Gasteiger partial charge in [-0.3, -0.25) is 4.79 Å². The molecule has 18 heavy (non-hydrogen) atoms. The van der Waals surface area contributed by atoms with Crippen molar-refractivity contribution < 1.29 is 9.53 Å². The minimum absolute atomic E-state index is 0.0175. The Morgan fingerprint density at radius 1 is 1.33 bits per heavy atom. The third-order valence-electron chi connectivity index (χ3n) is 4.50. The summed E-state index contributed by atoms with van der Waals surface area (Å²) < 4.78 is 7.16. The third-order valence-corrected chi connectivity index (χ3v) is 4.50. The average molecular weight is 248 g/mol. The van der Waals surface area contributed by atoms with Crippen molar-refractivity contribution in [3.05, 3.63) is 11.9 Å². The van der Waals surface area contributed by atoms with Crippen molar-refractivity contribution in [2.75, 3.05) is 26.3 Å². The highest BCUT2D eigenvalue weighted by atomic mass is 16.5. The van der Waals surface area contributed by atoms with E-state index in [1.165, 1.54) is 19.3 Å². The molecule has 1 aromatic rings. The largest absolute Gasteiger partial charge is 0.378 e. The first kappa shape index (κ1) is 10.5. The molecule has 1 amide bonds. The van der Waals surface area contributed by atoms with Crippen molar-refractivity contribution >= 4 is 5.91 Å². The van der Waals surface area contributed by atoms with Gasteiger partial charge in [0.15, 0.2) is 5.69 Å². The molecule has 6 nitrogen and oxygen atoms in total. The lowest BCUT2D eigenvalue weighted by Gasteiger charge is -2.61. The summed E-state index contributed by atoms with van der Waals surface area (Å²) in [6.45, 7) is 2.54. The second-order valence-corrected chi connectivity index (χ2v) is 5.66. The maximum Gasteiger partial charge on any atom is 0.276 e. The molecule has 3 aliphatic carbocycles. The van der Waals surface area contributed by atoms with E-state index in [2.05, 4.69) is 10.3 Å². The van der Waals surface area contributed by atoms with Crippen LogP contribution in [0.15, 0.2) is 6.20 Å². The molecule has 0 unspecified atom stereocenters. The molecule has 4 aliphatic rings. The Morgan fingerprint density at radius 3 is 2.67 bits per heavy atom. The van der Waals surface area contributed by atoms with Gasteiger partial charge >= 0.3 is 0 Å². The van der Waals surface area contributed by atoms with Crippen LogP contribution in [0.3, 0.4) is 0 Å². The van der Waals surface area contributed by atoms with E-state index in [0.717, 1.165) is 5.92 Å². The molecular weight excluding hydrogens is 232 g/mol. The Balaban J connectivity index is 1.52. The minimum Gasteiger partial charge on any atom is -0.378 e. The van der Waals surface area contributed by atoms with Gasteiger partial charge in [0.05, 0.1) is 24.9 Å². The molecule has 96 valence electrons. The van der Waals surface area contributed by atoms with Gasteiger partial charge in [-0.15, -0.1) is 5.10 Å². The summed E-state index contributed by atoms with van der Waals surface area (Å²) in [6.07, 6.45) is 5.46. The normalized spacial score (nSPS) is 33.8. The molecule has 1 aliphatic heterocycles. The molecule has 0 atom stereocenters. The lowest BCUT2D eigenvalue weighted by Crippen LogP contribution is -2.59. The van der Waals surface area contributed by atoms with Gasteiger partial charge in [-0.05, 0) is 25.2 Å². The van der Waals surface area contributed by atoms with Gasteiger partial charge in [-0.25, -0.2) is 4.68 Å². The van der Waals surface area contributed by atoms with Crippen molar-refractivity contribution in [3.63, 3.8) is 0 Å². The summed E-state index contributed by atoms with van der Waals surface area (Å²) in [5, 5.41) is 8.20. The fourth-order valence-electron chi connectivity index (χ4n) is 3.24. The molecule has 6 heteroatoms. The fraction of sp³-hybridized carbons (Fsp3) is 0.750. The number of carbonyl (C=O) groups excluding carboxylic acids is 1. The van der Waals surface area contributed by atoms with Gasteiger partial charge in [0.1, 0.15) is 0 Å². The summed E-state index contributed by atoms with van der Waals surface area (Å²) in [7, 11) is 0. The number of hydrogen-bond donors (Lipinski definition) is 0. The van der Waals surface area contributed by atoms with Gasteiger partial charge in [0.2, 0.25) is 0 Å². The van der Waals surface area contributed by atoms with Crippen molar-refractivity contribution in [1.82, 2.24) is 19.9 Å². The molecular formula is C12H16N4O2. The summed E-state index contributed by atoms with van der Waals surface area (Å²) in [4.78, 5) is 14.0. The Kier molecular flexibility index (Phi) is 2.06. The van der Waals surface area contributed by atoms with Crippen LogP contribution in [0.5, 0.6) is 0 Å². The van der Waals surface area contributed by atoms with Gasteiger partial charge in [-0.1, -0.05) is 5.21 Å². The highest BCUT2D eigenvalue weighted by Crippen LogP contribution is 2.61. The Bertz CT molecular complexity index is 475. The lowest BCUT2D eigenvalue weighted by atomic mass is 9.50. The van der Waals surface area contributed by atoms with E-state index in [1.54, 1.807) is 4.90 Å². The summed E-state index contributed by atoms with van der Waals surface area (Å²) >= 11 is 0. The van der Waals surface area contributed by atoms with Gasteiger partial charge in [0, 0.05) is 13.1 Å². The van der Waals surface area contributed by atoms with Crippen molar-refractivity contribution in [1.29, 1.82) is 0 Å². The number of amides is 1. The van der Waals surface area contributed by atoms with Crippen LogP contribution in [-0.2, 0) is 10.3 Å². The van der Waals surface area contributed by atoms with Crippen molar-refractivity contribution in [2.45, 2.75) is 24.8 Å². The van der Waals surface area contributed by atoms with Crippen molar-refractivity contribution in [3.8, 4) is 0 Å². The number of aromatic nitrogens is 3. The molecule has 5 rings (SSSR count). The number of rotatable bonds is 2. The standard InChI is InChI=1S/C12H16N4O2/c17-11(15-1-3-18-4-2-15)10-8-16(14-13-10)12-5-9(6-12)7-12/h8-9H,1-7H2. The predicted octanol–water partition coefficient (Wildman–Crippen LogP) is 0.259. The number of nitrogens with zero attached hydrogens (tertiary/aromatic N) is 4. The maximum atomic E-state index is 12.2. The van der Waals surface area contributed by atoms with E-state index >= 15 is 0 Å². The van der Waals surface area contributed by atoms with Gasteiger partial charge < -0.3 is 9.64 Å². The molecule has 1 saturated heterocycles. The second kappa shape index (κ2) is 3.54. The Morgan fingerprint density at radius 2 is 2.06 bits per heavy atom.